The van der Waals surface area contributed by atoms with Gasteiger partial charge in [0.25, 0.3) is 5.91 Å². The van der Waals surface area contributed by atoms with Gasteiger partial charge in [-0.2, -0.15) is 0 Å². The molecule has 110 valence electrons. The number of anilines is 1. The molecule has 1 amide bonds. The number of phenolic OH excluding ortho intramolecular Hbond substituents is 1. The number of carbonyl (C=O) groups excluding carboxylic acids is 1. The first-order chi connectivity index (χ1) is 10.0. The Hall–Kier alpha value is -2.01. The highest BCUT2D eigenvalue weighted by atomic mass is 79.9. The Balaban J connectivity index is 2.19. The van der Waals surface area contributed by atoms with Crippen molar-refractivity contribution in [3.63, 3.8) is 0 Å². The van der Waals surface area contributed by atoms with Gasteiger partial charge in [-0.25, -0.2) is 0 Å². The summed E-state index contributed by atoms with van der Waals surface area (Å²) in [5.74, 6) is 0.105. The number of amides is 1. The van der Waals surface area contributed by atoms with Crippen molar-refractivity contribution in [2.75, 3.05) is 12.4 Å². The fourth-order valence-corrected chi connectivity index (χ4v) is 2.40. The van der Waals surface area contributed by atoms with Gasteiger partial charge in [0.1, 0.15) is 5.75 Å². The lowest BCUT2D eigenvalue weighted by molar-refractivity contribution is 0.0963. The number of para-hydroxylation sites is 1. The molecule has 5 heteroatoms. The molecule has 4 nitrogen and oxygen atoms in total. The Morgan fingerprint density at radius 3 is 2.76 bits per heavy atom. The number of nitrogens with one attached hydrogen (secondary N) is 2. The molecule has 0 aliphatic rings. The zero-order valence-electron chi connectivity index (χ0n) is 11.9. The van der Waals surface area contributed by atoms with Crippen LogP contribution in [0, 0.1) is 6.92 Å². The fourth-order valence-electron chi connectivity index (χ4n) is 1.99. The fraction of sp³-hybridized carbons (Fsp3) is 0.188. The van der Waals surface area contributed by atoms with Crippen LogP contribution < -0.4 is 10.6 Å². The second-order valence-electron chi connectivity index (χ2n) is 4.71. The molecule has 3 N–H and O–H groups in total. The summed E-state index contributed by atoms with van der Waals surface area (Å²) >= 11 is 3.30. The van der Waals surface area contributed by atoms with Crippen LogP contribution >= 0.6 is 15.9 Å². The number of benzene rings is 2. The molecule has 2 aromatic rings. The lowest BCUT2D eigenvalue weighted by Crippen LogP contribution is -2.18. The third kappa shape index (κ3) is 3.55. The molecule has 0 saturated heterocycles. The molecule has 2 rings (SSSR count). The van der Waals surface area contributed by atoms with Gasteiger partial charge in [-0.3, -0.25) is 4.79 Å². The summed E-state index contributed by atoms with van der Waals surface area (Å²) in [7, 11) is 1.61. The van der Waals surface area contributed by atoms with Gasteiger partial charge in [-0.1, -0.05) is 18.2 Å². The Labute approximate surface area is 132 Å². The molecule has 0 heterocycles. The summed E-state index contributed by atoms with van der Waals surface area (Å²) in [5, 5.41) is 15.8. The minimum atomic E-state index is -0.122. The van der Waals surface area contributed by atoms with E-state index in [2.05, 4.69) is 26.6 Å². The van der Waals surface area contributed by atoms with E-state index in [1.54, 1.807) is 19.2 Å². The van der Waals surface area contributed by atoms with Gasteiger partial charge in [0.05, 0.1) is 4.47 Å². The lowest BCUT2D eigenvalue weighted by atomic mass is 10.1. The van der Waals surface area contributed by atoms with Gasteiger partial charge in [-0.15, -0.1) is 0 Å². The summed E-state index contributed by atoms with van der Waals surface area (Å²) in [4.78, 5) is 11.7. The first-order valence-electron chi connectivity index (χ1n) is 6.56. The van der Waals surface area contributed by atoms with Gasteiger partial charge in [0, 0.05) is 30.4 Å². The smallest absolute Gasteiger partial charge is 0.251 e. The number of phenols is 1. The number of aryl methyl sites for hydroxylation is 1. The van der Waals surface area contributed by atoms with Crippen molar-refractivity contribution in [2.24, 2.45) is 0 Å². The third-order valence-corrected chi connectivity index (χ3v) is 3.91. The van der Waals surface area contributed by atoms with Crippen molar-refractivity contribution in [1.29, 1.82) is 0 Å². The van der Waals surface area contributed by atoms with E-state index < -0.39 is 0 Å². The summed E-state index contributed by atoms with van der Waals surface area (Å²) in [6.07, 6.45) is 0. The summed E-state index contributed by atoms with van der Waals surface area (Å²) in [6.45, 7) is 2.44. The average Bonchev–Trinajstić information content (AvgIpc) is 2.49. The SMILES string of the molecule is CNC(=O)c1ccc(C)c(NCc2cccc(Br)c2O)c1. The van der Waals surface area contributed by atoms with Crippen LogP contribution in [0.1, 0.15) is 21.5 Å². The Bertz CT molecular complexity index is 671. The van der Waals surface area contributed by atoms with Gasteiger partial charge in [0.15, 0.2) is 0 Å². The number of hydrogen-bond donors (Lipinski definition) is 3. The van der Waals surface area contributed by atoms with Gasteiger partial charge in [0.2, 0.25) is 0 Å². The van der Waals surface area contributed by atoms with E-state index in [9.17, 15) is 9.90 Å². The van der Waals surface area contributed by atoms with Crippen molar-refractivity contribution in [2.45, 2.75) is 13.5 Å². The molecule has 0 spiro atoms. The number of carbonyl (C=O) groups is 1. The maximum Gasteiger partial charge on any atom is 0.251 e. The van der Waals surface area contributed by atoms with E-state index in [0.717, 1.165) is 16.8 Å². The second-order valence-corrected chi connectivity index (χ2v) is 5.56. The van der Waals surface area contributed by atoms with Crippen molar-refractivity contribution < 1.29 is 9.90 Å². The predicted molar refractivity (Wildman–Crippen MR) is 87.7 cm³/mol. The van der Waals surface area contributed by atoms with Crippen molar-refractivity contribution in [3.8, 4) is 5.75 Å². The quantitative estimate of drug-likeness (QED) is 0.793. The highest BCUT2D eigenvalue weighted by Crippen LogP contribution is 2.28. The van der Waals surface area contributed by atoms with Crippen LogP contribution in [-0.4, -0.2) is 18.1 Å². The standard InChI is InChI=1S/C16H17BrN2O2/c1-10-6-7-11(16(21)18-2)8-14(10)19-9-12-4-3-5-13(17)15(12)20/h3-8,19-20H,9H2,1-2H3,(H,18,21). The van der Waals surface area contributed by atoms with Gasteiger partial charge in [-0.05, 0) is 46.6 Å². The number of halogens is 1. The third-order valence-electron chi connectivity index (χ3n) is 3.27. The van der Waals surface area contributed by atoms with Crippen molar-refractivity contribution >= 4 is 27.5 Å². The molecule has 0 saturated carbocycles. The molecule has 0 bridgehead atoms. The van der Waals surface area contributed by atoms with E-state index in [-0.39, 0.29) is 11.7 Å². The first kappa shape index (κ1) is 15.4. The normalized spacial score (nSPS) is 10.2. The van der Waals surface area contributed by atoms with E-state index in [1.165, 1.54) is 0 Å². The molecule has 0 unspecified atom stereocenters. The van der Waals surface area contributed by atoms with Crippen LogP contribution in [0.15, 0.2) is 40.9 Å². The Morgan fingerprint density at radius 2 is 2.05 bits per heavy atom. The minimum absolute atomic E-state index is 0.122. The summed E-state index contributed by atoms with van der Waals surface area (Å²) in [5.41, 5.74) is 3.30. The highest BCUT2D eigenvalue weighted by molar-refractivity contribution is 9.10. The summed E-state index contributed by atoms with van der Waals surface area (Å²) < 4.78 is 0.664. The molecule has 0 aliphatic carbocycles. The molecular weight excluding hydrogens is 332 g/mol. The van der Waals surface area contributed by atoms with Crippen LogP contribution in [0.3, 0.4) is 0 Å². The van der Waals surface area contributed by atoms with Crippen molar-refractivity contribution in [3.05, 3.63) is 57.6 Å². The second kappa shape index (κ2) is 6.63. The Kier molecular flexibility index (Phi) is 4.85. The molecule has 0 aromatic heterocycles. The van der Waals surface area contributed by atoms with Gasteiger partial charge < -0.3 is 15.7 Å². The maximum atomic E-state index is 11.7. The molecule has 0 radical (unpaired) electrons. The first-order valence-corrected chi connectivity index (χ1v) is 7.35. The van der Waals surface area contributed by atoms with Crippen molar-refractivity contribution in [1.82, 2.24) is 5.32 Å². The zero-order valence-corrected chi connectivity index (χ0v) is 13.5. The van der Waals surface area contributed by atoms with Crippen LogP contribution in [-0.2, 0) is 6.54 Å². The molecular formula is C16H17BrN2O2. The lowest BCUT2D eigenvalue weighted by Gasteiger charge is -2.12. The zero-order chi connectivity index (χ0) is 15.4. The predicted octanol–water partition coefficient (Wildman–Crippen LogP) is 3.43. The van der Waals surface area contributed by atoms with E-state index in [4.69, 9.17) is 0 Å². The van der Waals surface area contributed by atoms with Crippen LogP contribution in [0.4, 0.5) is 5.69 Å². The monoisotopic (exact) mass is 348 g/mol. The number of hydrogen-bond acceptors (Lipinski definition) is 3. The number of aromatic hydroxyl groups is 1. The van der Waals surface area contributed by atoms with Gasteiger partial charge >= 0.3 is 0 Å². The molecule has 0 aliphatic heterocycles. The van der Waals surface area contributed by atoms with Crippen LogP contribution in [0.5, 0.6) is 5.75 Å². The van der Waals surface area contributed by atoms with Crippen LogP contribution in [0.25, 0.3) is 0 Å². The average molecular weight is 349 g/mol. The topological polar surface area (TPSA) is 61.4 Å². The maximum absolute atomic E-state index is 11.7. The Morgan fingerprint density at radius 1 is 1.29 bits per heavy atom. The molecule has 21 heavy (non-hydrogen) atoms. The number of rotatable bonds is 4. The molecule has 0 atom stereocenters. The molecule has 2 aromatic carbocycles. The highest BCUT2D eigenvalue weighted by Gasteiger charge is 2.08. The van der Waals surface area contributed by atoms with E-state index in [1.807, 2.05) is 31.2 Å². The van der Waals surface area contributed by atoms with E-state index in [0.29, 0.717) is 16.6 Å². The molecule has 0 fully saturated rings. The largest absolute Gasteiger partial charge is 0.506 e. The van der Waals surface area contributed by atoms with Crippen LogP contribution in [0.2, 0.25) is 0 Å². The van der Waals surface area contributed by atoms with E-state index >= 15 is 0 Å². The minimum Gasteiger partial charge on any atom is -0.506 e. The summed E-state index contributed by atoms with van der Waals surface area (Å²) in [6, 6.07) is 11.0.